The zero-order valence-electron chi connectivity index (χ0n) is 23.8. The number of rotatable bonds is 7. The Kier molecular flexibility index (Phi) is 7.57. The highest BCUT2D eigenvalue weighted by Gasteiger charge is 2.23. The predicted molar refractivity (Wildman–Crippen MR) is 157 cm³/mol. The molecule has 1 saturated heterocycles. The van der Waals surface area contributed by atoms with Crippen LogP contribution in [0.4, 0.5) is 5.69 Å². The third kappa shape index (κ3) is 5.76. The van der Waals surface area contributed by atoms with Crippen LogP contribution in [0.15, 0.2) is 61.1 Å². The van der Waals surface area contributed by atoms with Crippen molar-refractivity contribution in [2.24, 2.45) is 7.05 Å². The molecule has 39 heavy (non-hydrogen) atoms. The van der Waals surface area contributed by atoms with Crippen molar-refractivity contribution >= 4 is 11.6 Å². The minimum atomic E-state index is -0.201. The van der Waals surface area contributed by atoms with Gasteiger partial charge in [0.05, 0.1) is 17.9 Å². The van der Waals surface area contributed by atoms with Crippen LogP contribution in [0.1, 0.15) is 48.3 Å². The number of nitrogens with one attached hydrogen (secondary N) is 1. The number of benzene rings is 2. The summed E-state index contributed by atoms with van der Waals surface area (Å²) in [5, 5.41) is 12.4. The molecule has 2 atom stereocenters. The Hall–Kier alpha value is -3.91. The van der Waals surface area contributed by atoms with E-state index in [1.54, 1.807) is 4.68 Å². The van der Waals surface area contributed by atoms with E-state index in [4.69, 9.17) is 5.10 Å². The maximum Gasteiger partial charge on any atom is 0.252 e. The van der Waals surface area contributed by atoms with Crippen molar-refractivity contribution in [3.05, 3.63) is 77.7 Å². The molecule has 0 bridgehead atoms. The fourth-order valence-electron chi connectivity index (χ4n) is 5.17. The van der Waals surface area contributed by atoms with E-state index < -0.39 is 0 Å². The molecule has 0 radical (unpaired) electrons. The molecule has 1 amide bonds. The average Bonchev–Trinajstić information content (AvgIpc) is 3.59. The molecular formula is C31H39N7O. The second kappa shape index (κ2) is 11.1. The summed E-state index contributed by atoms with van der Waals surface area (Å²) < 4.78 is 3.73. The molecule has 0 aliphatic carbocycles. The molecule has 0 spiro atoms. The Morgan fingerprint density at radius 1 is 1.08 bits per heavy atom. The van der Waals surface area contributed by atoms with E-state index in [1.807, 2.05) is 56.3 Å². The number of piperazine rings is 1. The van der Waals surface area contributed by atoms with E-state index in [-0.39, 0.29) is 11.9 Å². The van der Waals surface area contributed by atoms with E-state index in [1.165, 1.54) is 0 Å². The van der Waals surface area contributed by atoms with E-state index in [9.17, 15) is 4.79 Å². The third-order valence-corrected chi connectivity index (χ3v) is 7.89. The largest absolute Gasteiger partial charge is 0.369 e. The molecule has 5 rings (SSSR count). The Morgan fingerprint density at radius 2 is 1.87 bits per heavy atom. The summed E-state index contributed by atoms with van der Waals surface area (Å²) in [4.78, 5) is 18.3. The molecule has 1 aliphatic rings. The molecule has 1 N–H and O–H groups in total. The Labute approximate surface area is 231 Å². The van der Waals surface area contributed by atoms with Gasteiger partial charge < -0.3 is 15.1 Å². The van der Waals surface area contributed by atoms with Crippen LogP contribution >= 0.6 is 0 Å². The van der Waals surface area contributed by atoms with E-state index >= 15 is 0 Å². The van der Waals surface area contributed by atoms with Crippen LogP contribution in [0.25, 0.3) is 22.4 Å². The van der Waals surface area contributed by atoms with Crippen molar-refractivity contribution < 1.29 is 4.79 Å². The Balaban J connectivity index is 1.42. The van der Waals surface area contributed by atoms with Crippen molar-refractivity contribution in [2.45, 2.75) is 46.3 Å². The Morgan fingerprint density at radius 3 is 2.56 bits per heavy atom. The molecule has 1 fully saturated rings. The lowest BCUT2D eigenvalue weighted by Gasteiger charge is -2.39. The zero-order chi connectivity index (χ0) is 27.7. The van der Waals surface area contributed by atoms with Crippen LogP contribution in [-0.4, -0.2) is 63.1 Å². The monoisotopic (exact) mass is 525 g/mol. The first-order valence-corrected chi connectivity index (χ1v) is 13.8. The van der Waals surface area contributed by atoms with E-state index in [0.717, 1.165) is 70.9 Å². The highest BCUT2D eigenvalue weighted by atomic mass is 16.1. The van der Waals surface area contributed by atoms with Gasteiger partial charge in [-0.1, -0.05) is 6.07 Å². The quantitative estimate of drug-likeness (QED) is 0.371. The standard InChI is InChI=1S/C31H39N7O/c1-7-38-11-10-30(34-38)26-15-24(14-25(16-26)27-18-32-36(6)20-27)23(4)33-31(39)29-17-28(9-8-21(29)2)37-13-12-35(5)22(3)19-37/h8-11,14-18,20,22-23H,7,12-13,19H2,1-6H3,(H,33,39)/t22-,23+/m0/s1. The number of aryl methyl sites for hydroxylation is 3. The van der Waals surface area contributed by atoms with Gasteiger partial charge in [0.2, 0.25) is 0 Å². The van der Waals surface area contributed by atoms with Crippen LogP contribution < -0.4 is 10.2 Å². The van der Waals surface area contributed by atoms with Crippen LogP contribution in [0.2, 0.25) is 0 Å². The summed E-state index contributed by atoms with van der Waals surface area (Å²) >= 11 is 0. The Bertz CT molecular complexity index is 1470. The summed E-state index contributed by atoms with van der Waals surface area (Å²) in [6.45, 7) is 12.1. The maximum absolute atomic E-state index is 13.6. The highest BCUT2D eigenvalue weighted by Crippen LogP contribution is 2.30. The molecule has 0 saturated carbocycles. The summed E-state index contributed by atoms with van der Waals surface area (Å²) in [5.41, 5.74) is 7.81. The number of hydrogen-bond acceptors (Lipinski definition) is 5. The SMILES string of the molecule is CCn1ccc(-c2cc(-c3cnn(C)c3)cc([C@@H](C)NC(=O)c3cc(N4CCN(C)[C@@H](C)C4)ccc3C)c2)n1. The normalized spacial score (nSPS) is 16.9. The van der Waals surface area contributed by atoms with E-state index in [2.05, 4.69) is 71.4 Å². The van der Waals surface area contributed by atoms with Gasteiger partial charge in [-0.05, 0) is 87.8 Å². The molecule has 8 nitrogen and oxygen atoms in total. The summed E-state index contributed by atoms with van der Waals surface area (Å²) in [5.74, 6) is -0.0624. The van der Waals surface area contributed by atoms with Crippen LogP contribution in [0, 0.1) is 6.92 Å². The van der Waals surface area contributed by atoms with Crippen molar-refractivity contribution in [2.75, 3.05) is 31.6 Å². The number of carbonyl (C=O) groups excluding carboxylic acids is 1. The predicted octanol–water partition coefficient (Wildman–Crippen LogP) is 4.91. The number of hydrogen-bond donors (Lipinski definition) is 1. The van der Waals surface area contributed by atoms with Crippen molar-refractivity contribution in [1.29, 1.82) is 0 Å². The van der Waals surface area contributed by atoms with Gasteiger partial charge in [-0.3, -0.25) is 14.2 Å². The van der Waals surface area contributed by atoms with E-state index in [0.29, 0.717) is 6.04 Å². The lowest BCUT2D eigenvalue weighted by Crippen LogP contribution is -2.50. The molecule has 0 unspecified atom stereocenters. The van der Waals surface area contributed by atoms with Crippen LogP contribution in [0.3, 0.4) is 0 Å². The van der Waals surface area contributed by atoms with Gasteiger partial charge in [0.15, 0.2) is 0 Å². The molecule has 204 valence electrons. The smallest absolute Gasteiger partial charge is 0.252 e. The van der Waals surface area contributed by atoms with Crippen molar-refractivity contribution in [3.8, 4) is 22.4 Å². The fraction of sp³-hybridized carbons (Fsp3) is 0.387. The first kappa shape index (κ1) is 26.7. The second-order valence-electron chi connectivity index (χ2n) is 10.8. The molecule has 1 aliphatic heterocycles. The molecule has 8 heteroatoms. The summed E-state index contributed by atoms with van der Waals surface area (Å²) in [6, 6.07) is 14.9. The van der Waals surface area contributed by atoms with Gasteiger partial charge in [-0.25, -0.2) is 0 Å². The number of likely N-dealkylation sites (N-methyl/N-ethyl adjacent to an activating group) is 1. The van der Waals surface area contributed by atoms with Gasteiger partial charge in [0.1, 0.15) is 0 Å². The van der Waals surface area contributed by atoms with Gasteiger partial charge in [-0.15, -0.1) is 0 Å². The second-order valence-corrected chi connectivity index (χ2v) is 10.8. The van der Waals surface area contributed by atoms with Gasteiger partial charge >= 0.3 is 0 Å². The molecule has 3 heterocycles. The highest BCUT2D eigenvalue weighted by molar-refractivity contribution is 5.97. The zero-order valence-corrected chi connectivity index (χ0v) is 23.8. The van der Waals surface area contributed by atoms with Gasteiger partial charge in [-0.2, -0.15) is 10.2 Å². The maximum atomic E-state index is 13.6. The number of nitrogens with zero attached hydrogens (tertiary/aromatic N) is 6. The van der Waals surface area contributed by atoms with Crippen molar-refractivity contribution in [3.63, 3.8) is 0 Å². The topological polar surface area (TPSA) is 71.2 Å². The molecule has 2 aromatic carbocycles. The summed E-state index contributed by atoms with van der Waals surface area (Å²) in [7, 11) is 4.08. The minimum absolute atomic E-state index is 0.0624. The minimum Gasteiger partial charge on any atom is -0.369 e. The van der Waals surface area contributed by atoms with Crippen LogP contribution in [-0.2, 0) is 13.6 Å². The third-order valence-electron chi connectivity index (χ3n) is 7.89. The number of aromatic nitrogens is 4. The fourth-order valence-corrected chi connectivity index (χ4v) is 5.17. The molecular weight excluding hydrogens is 486 g/mol. The molecule has 4 aromatic rings. The van der Waals surface area contributed by atoms with Crippen LogP contribution in [0.5, 0.6) is 0 Å². The first-order chi connectivity index (χ1) is 18.7. The van der Waals surface area contributed by atoms with Crippen molar-refractivity contribution in [1.82, 2.24) is 29.8 Å². The molecule has 2 aromatic heterocycles. The number of anilines is 1. The lowest BCUT2D eigenvalue weighted by molar-refractivity contribution is 0.0939. The lowest BCUT2D eigenvalue weighted by atomic mass is 9.96. The number of carbonyl (C=O) groups is 1. The summed E-state index contributed by atoms with van der Waals surface area (Å²) in [6.07, 6.45) is 5.86. The number of amides is 1. The van der Waals surface area contributed by atoms with Gasteiger partial charge in [0.25, 0.3) is 5.91 Å². The van der Waals surface area contributed by atoms with Gasteiger partial charge in [0, 0.05) is 74.0 Å². The average molecular weight is 526 g/mol. The first-order valence-electron chi connectivity index (χ1n) is 13.8.